The Labute approximate surface area is 161 Å². The average Bonchev–Trinajstić information content (AvgIpc) is 2.90. The number of hydrogen-bond donors (Lipinski definition) is 2. The summed E-state index contributed by atoms with van der Waals surface area (Å²) in [5.74, 6) is 0.718. The second-order valence-corrected chi connectivity index (χ2v) is 7.72. The lowest BCUT2D eigenvalue weighted by atomic mass is 9.96. The van der Waals surface area contributed by atoms with E-state index in [0.717, 1.165) is 20.9 Å². The standard InChI is InChI=1S/C17H20BrClN4S/c18-14-11-23(10-12-6-4-5-9-15(12)19)22-16(14)21-17(24)20-13-7-2-1-3-8-13/h4-6,9,11,13H,1-3,7-8,10H2,(H2,20,21,22,24). The van der Waals surface area contributed by atoms with Crippen LogP contribution in [0.3, 0.4) is 0 Å². The predicted octanol–water partition coefficient (Wildman–Crippen LogP) is 4.97. The number of halogens is 2. The Bertz CT molecular complexity index is 712. The summed E-state index contributed by atoms with van der Waals surface area (Å²) < 4.78 is 2.72. The number of nitrogens with one attached hydrogen (secondary N) is 2. The summed E-state index contributed by atoms with van der Waals surface area (Å²) in [6.07, 6.45) is 8.17. The summed E-state index contributed by atoms with van der Waals surface area (Å²) in [5.41, 5.74) is 1.03. The maximum absolute atomic E-state index is 6.21. The SMILES string of the molecule is S=C(Nc1nn(Cc2ccccc2Cl)cc1Br)NC1CCCCC1. The summed E-state index contributed by atoms with van der Waals surface area (Å²) >= 11 is 15.2. The van der Waals surface area contributed by atoms with Gasteiger partial charge in [0.1, 0.15) is 0 Å². The van der Waals surface area contributed by atoms with Crippen LogP contribution in [-0.2, 0) is 6.54 Å². The van der Waals surface area contributed by atoms with E-state index in [1.165, 1.54) is 32.1 Å². The highest BCUT2D eigenvalue weighted by molar-refractivity contribution is 9.10. The average molecular weight is 428 g/mol. The molecule has 0 atom stereocenters. The lowest BCUT2D eigenvalue weighted by Crippen LogP contribution is -2.39. The molecule has 0 unspecified atom stereocenters. The largest absolute Gasteiger partial charge is 0.360 e. The van der Waals surface area contributed by atoms with Crippen molar-refractivity contribution >= 4 is 50.7 Å². The van der Waals surface area contributed by atoms with Gasteiger partial charge in [-0.1, -0.05) is 49.1 Å². The summed E-state index contributed by atoms with van der Waals surface area (Å²) in [6.45, 7) is 0.614. The van der Waals surface area contributed by atoms with Gasteiger partial charge in [0.25, 0.3) is 0 Å². The molecular formula is C17H20BrClN4S. The van der Waals surface area contributed by atoms with Crippen LogP contribution in [0.1, 0.15) is 37.7 Å². The number of hydrogen-bond acceptors (Lipinski definition) is 2. The summed E-state index contributed by atoms with van der Waals surface area (Å²) in [5, 5.41) is 12.5. The lowest BCUT2D eigenvalue weighted by Gasteiger charge is -2.24. The van der Waals surface area contributed by atoms with Crippen LogP contribution in [0.2, 0.25) is 5.02 Å². The highest BCUT2D eigenvalue weighted by Crippen LogP contribution is 2.23. The Kier molecular flexibility index (Phi) is 6.14. The smallest absolute Gasteiger partial charge is 0.172 e. The molecule has 0 aliphatic heterocycles. The minimum absolute atomic E-state index is 0.475. The Morgan fingerprint density at radius 3 is 2.79 bits per heavy atom. The number of thiocarbonyl (C=S) groups is 1. The fraction of sp³-hybridized carbons (Fsp3) is 0.412. The molecule has 0 radical (unpaired) electrons. The van der Waals surface area contributed by atoms with Crippen LogP contribution >= 0.6 is 39.7 Å². The zero-order chi connectivity index (χ0) is 16.9. The molecule has 1 saturated carbocycles. The van der Waals surface area contributed by atoms with Crippen LogP contribution in [-0.4, -0.2) is 20.9 Å². The molecule has 24 heavy (non-hydrogen) atoms. The van der Waals surface area contributed by atoms with Gasteiger partial charge in [-0.05, 0) is 52.6 Å². The van der Waals surface area contributed by atoms with E-state index < -0.39 is 0 Å². The Balaban J connectivity index is 1.61. The van der Waals surface area contributed by atoms with Gasteiger partial charge in [0.2, 0.25) is 0 Å². The van der Waals surface area contributed by atoms with Gasteiger partial charge in [0.05, 0.1) is 11.0 Å². The van der Waals surface area contributed by atoms with Crippen molar-refractivity contribution in [2.75, 3.05) is 5.32 Å². The zero-order valence-corrected chi connectivity index (χ0v) is 16.4. The van der Waals surface area contributed by atoms with E-state index >= 15 is 0 Å². The first kappa shape index (κ1) is 17.7. The van der Waals surface area contributed by atoms with Crippen molar-refractivity contribution in [2.24, 2.45) is 0 Å². The van der Waals surface area contributed by atoms with Crippen LogP contribution in [0.25, 0.3) is 0 Å². The molecule has 0 spiro atoms. The van der Waals surface area contributed by atoms with E-state index in [4.69, 9.17) is 23.8 Å². The molecule has 0 saturated heterocycles. The topological polar surface area (TPSA) is 41.9 Å². The maximum atomic E-state index is 6.21. The van der Waals surface area contributed by atoms with Gasteiger partial charge >= 0.3 is 0 Å². The van der Waals surface area contributed by atoms with Gasteiger partial charge in [-0.2, -0.15) is 5.10 Å². The number of rotatable bonds is 4. The molecule has 1 aromatic heterocycles. The highest BCUT2D eigenvalue weighted by atomic mass is 79.9. The van der Waals surface area contributed by atoms with E-state index in [1.54, 1.807) is 0 Å². The van der Waals surface area contributed by atoms with Gasteiger partial charge < -0.3 is 10.6 Å². The van der Waals surface area contributed by atoms with Crippen LogP contribution in [0.4, 0.5) is 5.82 Å². The third-order valence-corrected chi connectivity index (χ3v) is 5.35. The third-order valence-electron chi connectivity index (χ3n) is 4.18. The number of benzene rings is 1. The summed E-state index contributed by atoms with van der Waals surface area (Å²) in [7, 11) is 0. The minimum Gasteiger partial charge on any atom is -0.360 e. The number of aromatic nitrogens is 2. The third kappa shape index (κ3) is 4.71. The van der Waals surface area contributed by atoms with E-state index in [9.17, 15) is 0 Å². The second-order valence-electron chi connectivity index (χ2n) is 6.05. The van der Waals surface area contributed by atoms with Gasteiger partial charge in [-0.15, -0.1) is 0 Å². The van der Waals surface area contributed by atoms with Crippen molar-refractivity contribution in [2.45, 2.75) is 44.7 Å². The molecule has 1 aromatic carbocycles. The first-order chi connectivity index (χ1) is 11.6. The van der Waals surface area contributed by atoms with E-state index in [1.807, 2.05) is 35.1 Å². The molecule has 1 aliphatic carbocycles. The fourth-order valence-electron chi connectivity index (χ4n) is 2.94. The Morgan fingerprint density at radius 2 is 2.04 bits per heavy atom. The first-order valence-electron chi connectivity index (χ1n) is 8.15. The summed E-state index contributed by atoms with van der Waals surface area (Å²) in [6, 6.07) is 8.26. The van der Waals surface area contributed by atoms with Crippen molar-refractivity contribution in [3.8, 4) is 0 Å². The lowest BCUT2D eigenvalue weighted by molar-refractivity contribution is 0.414. The quantitative estimate of drug-likeness (QED) is 0.676. The molecule has 3 rings (SSSR count). The van der Waals surface area contributed by atoms with E-state index in [0.29, 0.717) is 17.7 Å². The molecule has 128 valence electrons. The van der Waals surface area contributed by atoms with Gasteiger partial charge in [0.15, 0.2) is 10.9 Å². The molecule has 4 nitrogen and oxygen atoms in total. The number of nitrogens with zero attached hydrogens (tertiary/aromatic N) is 2. The van der Waals surface area contributed by atoms with Gasteiger partial charge in [-0.25, -0.2) is 0 Å². The highest BCUT2D eigenvalue weighted by Gasteiger charge is 2.15. The molecule has 7 heteroatoms. The molecule has 1 aliphatic rings. The Hall–Kier alpha value is -1.11. The minimum atomic E-state index is 0.475. The zero-order valence-electron chi connectivity index (χ0n) is 13.3. The van der Waals surface area contributed by atoms with E-state index in [-0.39, 0.29) is 0 Å². The Morgan fingerprint density at radius 1 is 1.29 bits per heavy atom. The molecule has 0 amide bonds. The van der Waals surface area contributed by atoms with Crippen LogP contribution < -0.4 is 10.6 Å². The summed E-state index contributed by atoms with van der Waals surface area (Å²) in [4.78, 5) is 0. The van der Waals surface area contributed by atoms with Crippen molar-refractivity contribution in [1.82, 2.24) is 15.1 Å². The molecule has 2 aromatic rings. The predicted molar refractivity (Wildman–Crippen MR) is 107 cm³/mol. The maximum Gasteiger partial charge on any atom is 0.172 e. The molecule has 0 bridgehead atoms. The van der Waals surface area contributed by atoms with Crippen molar-refractivity contribution in [1.29, 1.82) is 0 Å². The van der Waals surface area contributed by atoms with Crippen LogP contribution in [0.5, 0.6) is 0 Å². The van der Waals surface area contributed by atoms with Crippen molar-refractivity contribution in [3.05, 3.63) is 45.5 Å². The van der Waals surface area contributed by atoms with Crippen LogP contribution in [0, 0.1) is 0 Å². The number of anilines is 1. The molecule has 2 N–H and O–H groups in total. The van der Waals surface area contributed by atoms with Crippen LogP contribution in [0.15, 0.2) is 34.9 Å². The van der Waals surface area contributed by atoms with Crippen molar-refractivity contribution in [3.63, 3.8) is 0 Å². The molecule has 1 fully saturated rings. The van der Waals surface area contributed by atoms with Gasteiger partial charge in [0, 0.05) is 17.3 Å². The van der Waals surface area contributed by atoms with Gasteiger partial charge in [-0.3, -0.25) is 4.68 Å². The van der Waals surface area contributed by atoms with E-state index in [2.05, 4.69) is 31.7 Å². The first-order valence-corrected chi connectivity index (χ1v) is 9.73. The second kappa shape index (κ2) is 8.32. The molecule has 1 heterocycles. The van der Waals surface area contributed by atoms with Crippen molar-refractivity contribution < 1.29 is 0 Å². The fourth-order valence-corrected chi connectivity index (χ4v) is 3.81. The normalized spacial score (nSPS) is 15.2. The monoisotopic (exact) mass is 426 g/mol. The molecular weight excluding hydrogens is 408 g/mol.